The summed E-state index contributed by atoms with van der Waals surface area (Å²) in [6.45, 7) is 1.38. The highest BCUT2D eigenvalue weighted by molar-refractivity contribution is 7.09. The largest absolute Gasteiger partial charge is 0.384 e. The van der Waals surface area contributed by atoms with Crippen LogP contribution in [0, 0.1) is 5.41 Å². The van der Waals surface area contributed by atoms with Crippen molar-refractivity contribution in [3.8, 4) is 0 Å². The van der Waals surface area contributed by atoms with Crippen molar-refractivity contribution < 1.29 is 5.11 Å². The molecule has 9 heteroatoms. The summed E-state index contributed by atoms with van der Waals surface area (Å²) in [6.07, 6.45) is 10.5. The molecule has 3 aromatic rings. The van der Waals surface area contributed by atoms with Gasteiger partial charge >= 0.3 is 0 Å². The molecule has 0 radical (unpaired) electrons. The van der Waals surface area contributed by atoms with Crippen LogP contribution in [-0.2, 0) is 5.60 Å². The molecule has 1 saturated carbocycles. The molecule has 5 rings (SSSR count). The number of aliphatic hydroxyl groups is 1. The van der Waals surface area contributed by atoms with Crippen molar-refractivity contribution in [2.75, 3.05) is 23.3 Å². The molecule has 2 fully saturated rings. The minimum atomic E-state index is -0.822. The number of anilines is 3. The number of halogens is 1. The Morgan fingerprint density at radius 3 is 2.73 bits per heavy atom. The fraction of sp³-hybridized carbons (Fsp3) is 0.381. The SMILES string of the molecule is N=Cc1cc(Cl)c(N2CCC(O)(c3cncs3)CC2)cc1Nc1cnn(C2CC2)c1. The maximum atomic E-state index is 11.0. The third kappa shape index (κ3) is 3.71. The van der Waals surface area contributed by atoms with Gasteiger partial charge in [-0.05, 0) is 37.8 Å². The molecular formula is C21H23ClN6OS. The fourth-order valence-corrected chi connectivity index (χ4v) is 5.03. The first-order valence-corrected chi connectivity index (χ1v) is 11.3. The van der Waals surface area contributed by atoms with E-state index in [1.54, 1.807) is 11.7 Å². The number of benzene rings is 1. The molecule has 0 spiro atoms. The number of hydrogen-bond donors (Lipinski definition) is 3. The highest BCUT2D eigenvalue weighted by atomic mass is 35.5. The summed E-state index contributed by atoms with van der Waals surface area (Å²) < 4.78 is 1.99. The number of piperidine rings is 1. The third-order valence-corrected chi connectivity index (χ3v) is 7.17. The summed E-state index contributed by atoms with van der Waals surface area (Å²) in [5, 5.41) is 27.2. The van der Waals surface area contributed by atoms with Crippen LogP contribution in [0.1, 0.15) is 42.2 Å². The van der Waals surface area contributed by atoms with Crippen LogP contribution in [0.2, 0.25) is 5.02 Å². The van der Waals surface area contributed by atoms with Gasteiger partial charge in [0.05, 0.1) is 39.0 Å². The van der Waals surface area contributed by atoms with Crippen molar-refractivity contribution >= 4 is 46.2 Å². The van der Waals surface area contributed by atoms with E-state index in [0.29, 0.717) is 37.0 Å². The topological polar surface area (TPSA) is 90.1 Å². The maximum absolute atomic E-state index is 11.0. The number of nitrogens with zero attached hydrogens (tertiary/aromatic N) is 4. The normalized spacial score (nSPS) is 18.4. The van der Waals surface area contributed by atoms with Crippen LogP contribution < -0.4 is 10.2 Å². The van der Waals surface area contributed by atoms with E-state index in [1.807, 2.05) is 29.2 Å². The van der Waals surface area contributed by atoms with E-state index >= 15 is 0 Å². The van der Waals surface area contributed by atoms with E-state index in [4.69, 9.17) is 17.0 Å². The zero-order chi connectivity index (χ0) is 20.7. The molecule has 1 aliphatic carbocycles. The molecule has 0 unspecified atom stereocenters. The van der Waals surface area contributed by atoms with Crippen molar-refractivity contribution in [1.82, 2.24) is 14.8 Å². The van der Waals surface area contributed by atoms with Crippen LogP contribution in [0.25, 0.3) is 0 Å². The second kappa shape index (κ2) is 7.68. The maximum Gasteiger partial charge on any atom is 0.104 e. The average molecular weight is 443 g/mol. The molecule has 3 heterocycles. The zero-order valence-corrected chi connectivity index (χ0v) is 18.0. The van der Waals surface area contributed by atoms with Gasteiger partial charge in [0.1, 0.15) is 5.60 Å². The first-order valence-electron chi connectivity index (χ1n) is 10.1. The van der Waals surface area contributed by atoms with Gasteiger partial charge in [-0.15, -0.1) is 11.3 Å². The lowest BCUT2D eigenvalue weighted by Gasteiger charge is -2.39. The van der Waals surface area contributed by atoms with Crippen molar-refractivity contribution in [1.29, 1.82) is 5.41 Å². The molecule has 30 heavy (non-hydrogen) atoms. The van der Waals surface area contributed by atoms with Gasteiger partial charge in [-0.2, -0.15) is 5.10 Å². The first-order chi connectivity index (χ1) is 14.6. The van der Waals surface area contributed by atoms with E-state index in [1.165, 1.54) is 30.4 Å². The summed E-state index contributed by atoms with van der Waals surface area (Å²) in [7, 11) is 0. The Morgan fingerprint density at radius 1 is 1.27 bits per heavy atom. The third-order valence-electron chi connectivity index (χ3n) is 5.90. The summed E-state index contributed by atoms with van der Waals surface area (Å²) in [4.78, 5) is 7.23. The van der Waals surface area contributed by atoms with E-state index in [-0.39, 0.29) is 0 Å². The van der Waals surface area contributed by atoms with Crippen LogP contribution >= 0.6 is 22.9 Å². The number of hydrogen-bond acceptors (Lipinski definition) is 7. The minimum Gasteiger partial charge on any atom is -0.384 e. The smallest absolute Gasteiger partial charge is 0.104 e. The Hall–Kier alpha value is -2.42. The van der Waals surface area contributed by atoms with Gasteiger partial charge < -0.3 is 20.7 Å². The highest BCUT2D eigenvalue weighted by Crippen LogP contribution is 2.40. The molecule has 7 nitrogen and oxygen atoms in total. The molecule has 2 aliphatic rings. The van der Waals surface area contributed by atoms with Crippen LogP contribution in [0.4, 0.5) is 17.1 Å². The Balaban J connectivity index is 1.37. The van der Waals surface area contributed by atoms with Gasteiger partial charge in [-0.3, -0.25) is 9.67 Å². The molecule has 0 atom stereocenters. The van der Waals surface area contributed by atoms with Crippen molar-refractivity contribution in [2.45, 2.75) is 37.3 Å². The molecule has 0 bridgehead atoms. The van der Waals surface area contributed by atoms with Gasteiger partial charge in [0.2, 0.25) is 0 Å². The van der Waals surface area contributed by atoms with E-state index in [0.717, 1.165) is 27.5 Å². The summed E-state index contributed by atoms with van der Waals surface area (Å²) in [5.74, 6) is 0. The monoisotopic (exact) mass is 442 g/mol. The molecule has 2 aromatic heterocycles. The van der Waals surface area contributed by atoms with Crippen molar-refractivity contribution in [2.24, 2.45) is 0 Å². The van der Waals surface area contributed by atoms with Gasteiger partial charge in [0, 0.05) is 42.9 Å². The standard InChI is InChI=1S/C21H23ClN6OS/c22-17-7-14(9-23)18(26-15-10-25-28(12-15)16-1-2-16)8-19(17)27-5-3-21(29,4-6-27)20-11-24-13-30-20/h7-13,16,23,26,29H,1-6H2. The molecule has 0 amide bonds. The lowest BCUT2D eigenvalue weighted by molar-refractivity contribution is 0.0151. The number of aromatic nitrogens is 3. The predicted octanol–water partition coefficient (Wildman–Crippen LogP) is 4.56. The van der Waals surface area contributed by atoms with E-state index < -0.39 is 5.60 Å². The summed E-state index contributed by atoms with van der Waals surface area (Å²) >= 11 is 8.08. The van der Waals surface area contributed by atoms with Crippen LogP contribution in [0.5, 0.6) is 0 Å². The zero-order valence-electron chi connectivity index (χ0n) is 16.4. The Bertz CT molecular complexity index is 1050. The fourth-order valence-electron chi connectivity index (χ4n) is 3.95. The quantitative estimate of drug-likeness (QED) is 0.487. The average Bonchev–Trinajstić information content (AvgIpc) is 3.24. The minimum absolute atomic E-state index is 0.522. The van der Waals surface area contributed by atoms with Crippen LogP contribution in [0.3, 0.4) is 0 Å². The van der Waals surface area contributed by atoms with Gasteiger partial charge in [0.15, 0.2) is 0 Å². The van der Waals surface area contributed by atoms with Crippen LogP contribution in [0.15, 0.2) is 36.2 Å². The van der Waals surface area contributed by atoms with Crippen molar-refractivity contribution in [3.63, 3.8) is 0 Å². The van der Waals surface area contributed by atoms with Gasteiger partial charge in [-0.1, -0.05) is 11.6 Å². The molecular weight excluding hydrogens is 420 g/mol. The second-order valence-corrected chi connectivity index (χ2v) is 9.28. The molecule has 156 valence electrons. The van der Waals surface area contributed by atoms with E-state index in [9.17, 15) is 5.11 Å². The number of rotatable bonds is 6. The Labute approximate surface area is 183 Å². The number of thiazole rings is 1. The molecule has 1 aliphatic heterocycles. The second-order valence-electron chi connectivity index (χ2n) is 7.98. The van der Waals surface area contributed by atoms with Gasteiger partial charge in [0.25, 0.3) is 0 Å². The lowest BCUT2D eigenvalue weighted by Crippen LogP contribution is -2.42. The summed E-state index contributed by atoms with van der Waals surface area (Å²) in [5.41, 5.74) is 4.29. The van der Waals surface area contributed by atoms with Crippen LogP contribution in [-0.4, -0.2) is 39.2 Å². The molecule has 3 N–H and O–H groups in total. The lowest BCUT2D eigenvalue weighted by atomic mass is 9.90. The Kier molecular flexibility index (Phi) is 5.00. The molecule has 1 aromatic carbocycles. The highest BCUT2D eigenvalue weighted by Gasteiger charge is 2.36. The van der Waals surface area contributed by atoms with Gasteiger partial charge in [-0.25, -0.2) is 0 Å². The first kappa shape index (κ1) is 19.5. The number of nitrogens with one attached hydrogen (secondary N) is 2. The predicted molar refractivity (Wildman–Crippen MR) is 121 cm³/mol. The van der Waals surface area contributed by atoms with Crippen molar-refractivity contribution in [3.05, 3.63) is 51.7 Å². The molecule has 1 saturated heterocycles. The van der Waals surface area contributed by atoms with E-state index in [2.05, 4.69) is 20.3 Å². The summed E-state index contributed by atoms with van der Waals surface area (Å²) in [6, 6.07) is 4.34. The Morgan fingerprint density at radius 2 is 2.07 bits per heavy atom.